The van der Waals surface area contributed by atoms with Crippen molar-refractivity contribution in [2.45, 2.75) is 0 Å². The highest BCUT2D eigenvalue weighted by Crippen LogP contribution is 2.28. The topological polar surface area (TPSA) is 103 Å². The molecule has 0 radical (unpaired) electrons. The first kappa shape index (κ1) is 17.1. The first-order valence-corrected chi connectivity index (χ1v) is 7.19. The van der Waals surface area contributed by atoms with Gasteiger partial charge in [0.15, 0.2) is 0 Å². The first-order chi connectivity index (χ1) is 11.5. The molecule has 2 aromatic rings. The molecule has 24 heavy (non-hydrogen) atoms. The number of hydrogen-bond donors (Lipinski definition) is 3. The molecule has 0 fully saturated rings. The van der Waals surface area contributed by atoms with Crippen molar-refractivity contribution in [2.75, 3.05) is 31.4 Å². The molecule has 0 aliphatic heterocycles. The van der Waals surface area contributed by atoms with Crippen molar-refractivity contribution in [3.05, 3.63) is 48.0 Å². The van der Waals surface area contributed by atoms with Gasteiger partial charge in [-0.25, -0.2) is 0 Å². The summed E-state index contributed by atoms with van der Waals surface area (Å²) in [5.41, 5.74) is 6.65. The van der Waals surface area contributed by atoms with Crippen LogP contribution in [0.2, 0.25) is 0 Å². The van der Waals surface area contributed by atoms with Crippen molar-refractivity contribution in [1.29, 1.82) is 0 Å². The van der Waals surface area contributed by atoms with Crippen LogP contribution in [-0.2, 0) is 4.79 Å². The summed E-state index contributed by atoms with van der Waals surface area (Å²) in [7, 11) is 3.05. The van der Waals surface area contributed by atoms with Gasteiger partial charge in [-0.3, -0.25) is 9.59 Å². The normalized spacial score (nSPS) is 9.92. The minimum atomic E-state index is -0.560. The minimum Gasteiger partial charge on any atom is -0.497 e. The SMILES string of the molecule is COc1ccc(NC(=O)CNc2ccccc2C(N)=O)c(OC)c1. The summed E-state index contributed by atoms with van der Waals surface area (Å²) >= 11 is 0. The molecule has 2 aromatic carbocycles. The smallest absolute Gasteiger partial charge is 0.250 e. The van der Waals surface area contributed by atoms with Gasteiger partial charge < -0.3 is 25.8 Å². The highest BCUT2D eigenvalue weighted by molar-refractivity contribution is 6.00. The molecule has 2 rings (SSSR count). The van der Waals surface area contributed by atoms with Crippen molar-refractivity contribution in [3.63, 3.8) is 0 Å². The molecule has 0 saturated heterocycles. The van der Waals surface area contributed by atoms with E-state index in [1.165, 1.54) is 7.11 Å². The minimum absolute atomic E-state index is 0.0283. The average molecular weight is 329 g/mol. The van der Waals surface area contributed by atoms with E-state index in [1.807, 2.05) is 0 Å². The summed E-state index contributed by atoms with van der Waals surface area (Å²) in [5.74, 6) is 0.256. The Hall–Kier alpha value is -3.22. The summed E-state index contributed by atoms with van der Waals surface area (Å²) in [4.78, 5) is 23.5. The molecular formula is C17H19N3O4. The van der Waals surface area contributed by atoms with Gasteiger partial charge in [-0.05, 0) is 24.3 Å². The summed E-state index contributed by atoms with van der Waals surface area (Å²) in [6, 6.07) is 11.8. The van der Waals surface area contributed by atoms with Crippen molar-refractivity contribution >= 4 is 23.2 Å². The van der Waals surface area contributed by atoms with E-state index >= 15 is 0 Å². The van der Waals surface area contributed by atoms with Gasteiger partial charge in [0.05, 0.1) is 32.0 Å². The van der Waals surface area contributed by atoms with Crippen LogP contribution >= 0.6 is 0 Å². The number of primary amides is 1. The second-order valence-electron chi connectivity index (χ2n) is 4.88. The molecule has 0 aliphatic carbocycles. The maximum absolute atomic E-state index is 12.1. The van der Waals surface area contributed by atoms with Crippen LogP contribution in [0.15, 0.2) is 42.5 Å². The van der Waals surface area contributed by atoms with Gasteiger partial charge in [-0.15, -0.1) is 0 Å². The van der Waals surface area contributed by atoms with Crippen molar-refractivity contribution in [2.24, 2.45) is 5.73 Å². The molecule has 0 aliphatic rings. The second-order valence-corrected chi connectivity index (χ2v) is 4.88. The van der Waals surface area contributed by atoms with Gasteiger partial charge in [0.1, 0.15) is 11.5 Å². The molecule has 0 saturated carbocycles. The summed E-state index contributed by atoms with van der Waals surface area (Å²) in [5, 5.41) is 5.63. The highest BCUT2D eigenvalue weighted by Gasteiger charge is 2.11. The molecule has 7 nitrogen and oxygen atoms in total. The number of carbonyl (C=O) groups is 2. The third-order valence-corrected chi connectivity index (χ3v) is 3.31. The monoisotopic (exact) mass is 329 g/mol. The molecule has 0 bridgehead atoms. The lowest BCUT2D eigenvalue weighted by atomic mass is 10.1. The van der Waals surface area contributed by atoms with Crippen molar-refractivity contribution in [1.82, 2.24) is 0 Å². The summed E-state index contributed by atoms with van der Waals surface area (Å²) in [6.45, 7) is -0.0283. The maximum atomic E-state index is 12.1. The van der Waals surface area contributed by atoms with E-state index < -0.39 is 5.91 Å². The summed E-state index contributed by atoms with van der Waals surface area (Å²) in [6.07, 6.45) is 0. The molecule has 0 unspecified atom stereocenters. The van der Waals surface area contributed by atoms with Gasteiger partial charge in [0, 0.05) is 11.8 Å². The van der Waals surface area contributed by atoms with Gasteiger partial charge in [0.25, 0.3) is 5.91 Å². The van der Waals surface area contributed by atoms with Crippen LogP contribution in [0.1, 0.15) is 10.4 Å². The third kappa shape index (κ3) is 4.16. The fourth-order valence-corrected chi connectivity index (χ4v) is 2.12. The zero-order chi connectivity index (χ0) is 17.5. The number of para-hydroxylation sites is 1. The Morgan fingerprint density at radius 1 is 1.04 bits per heavy atom. The van der Waals surface area contributed by atoms with Crippen LogP contribution in [0.4, 0.5) is 11.4 Å². The van der Waals surface area contributed by atoms with Crippen LogP contribution < -0.4 is 25.8 Å². The quantitative estimate of drug-likeness (QED) is 0.719. The Bertz CT molecular complexity index is 746. The molecule has 0 aromatic heterocycles. The Labute approximate surface area is 139 Å². The molecule has 4 N–H and O–H groups in total. The van der Waals surface area contributed by atoms with Gasteiger partial charge >= 0.3 is 0 Å². The number of nitrogens with two attached hydrogens (primary N) is 1. The van der Waals surface area contributed by atoms with Crippen LogP contribution in [0, 0.1) is 0 Å². The highest BCUT2D eigenvalue weighted by atomic mass is 16.5. The van der Waals surface area contributed by atoms with E-state index in [0.29, 0.717) is 28.4 Å². The molecule has 0 spiro atoms. The lowest BCUT2D eigenvalue weighted by Crippen LogP contribution is -2.23. The predicted octanol–water partition coefficient (Wildman–Crippen LogP) is 1.85. The molecule has 0 heterocycles. The van der Waals surface area contributed by atoms with Crippen molar-refractivity contribution < 1.29 is 19.1 Å². The van der Waals surface area contributed by atoms with Gasteiger partial charge in [-0.2, -0.15) is 0 Å². The lowest BCUT2D eigenvalue weighted by molar-refractivity contribution is -0.114. The number of nitrogens with one attached hydrogen (secondary N) is 2. The Kier molecular flexibility index (Phi) is 5.62. The Balaban J connectivity index is 2.03. The van der Waals surface area contributed by atoms with Crippen molar-refractivity contribution in [3.8, 4) is 11.5 Å². The van der Waals surface area contributed by atoms with E-state index in [9.17, 15) is 9.59 Å². The average Bonchev–Trinajstić information content (AvgIpc) is 2.60. The largest absolute Gasteiger partial charge is 0.497 e. The zero-order valence-corrected chi connectivity index (χ0v) is 13.5. The Morgan fingerprint density at radius 2 is 1.79 bits per heavy atom. The standard InChI is InChI=1S/C17H19N3O4/c1-23-11-7-8-14(15(9-11)24-2)20-16(21)10-19-13-6-4-3-5-12(13)17(18)22/h3-9,19H,10H2,1-2H3,(H2,18,22)(H,20,21). The van der Waals surface area contributed by atoms with Crippen LogP contribution in [0.5, 0.6) is 11.5 Å². The molecule has 0 atom stereocenters. The van der Waals surface area contributed by atoms with E-state index in [-0.39, 0.29) is 12.5 Å². The first-order valence-electron chi connectivity index (χ1n) is 7.19. The van der Waals surface area contributed by atoms with Gasteiger partial charge in [-0.1, -0.05) is 12.1 Å². The number of methoxy groups -OCH3 is 2. The predicted molar refractivity (Wildman–Crippen MR) is 91.6 cm³/mol. The van der Waals surface area contributed by atoms with E-state index in [0.717, 1.165) is 0 Å². The molecule has 2 amide bonds. The number of hydrogen-bond acceptors (Lipinski definition) is 5. The van der Waals surface area contributed by atoms with Crippen LogP contribution in [0.3, 0.4) is 0 Å². The molecular weight excluding hydrogens is 310 g/mol. The number of ether oxygens (including phenoxy) is 2. The fraction of sp³-hybridized carbons (Fsp3) is 0.176. The van der Waals surface area contributed by atoms with Gasteiger partial charge in [0.2, 0.25) is 5.91 Å². The zero-order valence-electron chi connectivity index (χ0n) is 13.5. The Morgan fingerprint density at radius 3 is 2.46 bits per heavy atom. The third-order valence-electron chi connectivity index (χ3n) is 3.31. The number of benzene rings is 2. The lowest BCUT2D eigenvalue weighted by Gasteiger charge is -2.13. The number of amides is 2. The van der Waals surface area contributed by atoms with Crippen LogP contribution in [0.25, 0.3) is 0 Å². The molecule has 126 valence electrons. The molecule has 7 heteroatoms. The number of rotatable bonds is 7. The van der Waals surface area contributed by atoms with E-state index in [1.54, 1.807) is 49.6 Å². The van der Waals surface area contributed by atoms with E-state index in [4.69, 9.17) is 15.2 Å². The fourth-order valence-electron chi connectivity index (χ4n) is 2.12. The van der Waals surface area contributed by atoms with Crippen LogP contribution in [-0.4, -0.2) is 32.6 Å². The summed E-state index contributed by atoms with van der Waals surface area (Å²) < 4.78 is 10.3. The number of anilines is 2. The maximum Gasteiger partial charge on any atom is 0.250 e. The second kappa shape index (κ2) is 7.87. The number of carbonyl (C=O) groups excluding carboxylic acids is 2. The van der Waals surface area contributed by atoms with E-state index in [2.05, 4.69) is 10.6 Å².